The highest BCUT2D eigenvalue weighted by Gasteiger charge is 2.32. The predicted molar refractivity (Wildman–Crippen MR) is 68.3 cm³/mol. The Bertz CT molecular complexity index is 414. The molecule has 1 aliphatic heterocycles. The fraction of sp³-hybridized carbons (Fsp3) is 0.571. The first kappa shape index (κ1) is 13.3. The predicted octanol–water partition coefficient (Wildman–Crippen LogP) is 2.66. The molecule has 1 saturated heterocycles. The fourth-order valence-corrected chi connectivity index (χ4v) is 2.15. The molecule has 0 bridgehead atoms. The van der Waals surface area contributed by atoms with Gasteiger partial charge in [0.15, 0.2) is 0 Å². The number of halogens is 1. The van der Waals surface area contributed by atoms with E-state index in [-0.39, 0.29) is 17.5 Å². The van der Waals surface area contributed by atoms with Gasteiger partial charge in [-0.05, 0) is 25.5 Å². The van der Waals surface area contributed by atoms with Gasteiger partial charge in [-0.2, -0.15) is 0 Å². The largest absolute Gasteiger partial charge is 0.496 e. The number of rotatable bonds is 3. The van der Waals surface area contributed by atoms with Crippen LogP contribution in [-0.2, 0) is 4.74 Å². The molecule has 18 heavy (non-hydrogen) atoms. The molecule has 2 unspecified atom stereocenters. The lowest BCUT2D eigenvalue weighted by molar-refractivity contribution is -0.0324. The van der Waals surface area contributed by atoms with Gasteiger partial charge in [-0.1, -0.05) is 13.0 Å². The Morgan fingerprint density at radius 1 is 1.56 bits per heavy atom. The molecule has 2 atom stereocenters. The third-order valence-electron chi connectivity index (χ3n) is 3.65. The average molecular weight is 253 g/mol. The number of hydrogen-bond donors (Lipinski definition) is 1. The lowest BCUT2D eigenvalue weighted by atomic mass is 9.96. The number of nitrogens with one attached hydrogen (secondary N) is 1. The number of methoxy groups -OCH3 is 1. The van der Waals surface area contributed by atoms with Crippen molar-refractivity contribution in [3.05, 3.63) is 29.6 Å². The summed E-state index contributed by atoms with van der Waals surface area (Å²) >= 11 is 0. The van der Waals surface area contributed by atoms with Crippen molar-refractivity contribution in [2.75, 3.05) is 20.3 Å². The van der Waals surface area contributed by atoms with Gasteiger partial charge < -0.3 is 14.8 Å². The van der Waals surface area contributed by atoms with Crippen LogP contribution in [0.2, 0.25) is 0 Å². The SMILES string of the molecule is CCC1(C)COC(c2c(F)cccc2OC)CN1. The van der Waals surface area contributed by atoms with E-state index in [0.29, 0.717) is 24.5 Å². The minimum absolute atomic E-state index is 0.0189. The lowest BCUT2D eigenvalue weighted by Crippen LogP contribution is -2.52. The summed E-state index contributed by atoms with van der Waals surface area (Å²) in [5.41, 5.74) is 0.486. The Morgan fingerprint density at radius 2 is 2.33 bits per heavy atom. The van der Waals surface area contributed by atoms with E-state index in [2.05, 4.69) is 19.2 Å². The van der Waals surface area contributed by atoms with Crippen molar-refractivity contribution >= 4 is 0 Å². The molecule has 0 spiro atoms. The molecular formula is C14H20FNO2. The van der Waals surface area contributed by atoms with Crippen molar-refractivity contribution in [3.8, 4) is 5.75 Å². The molecule has 0 aromatic heterocycles. The van der Waals surface area contributed by atoms with Gasteiger partial charge in [-0.25, -0.2) is 4.39 Å². The van der Waals surface area contributed by atoms with Crippen LogP contribution in [0, 0.1) is 5.82 Å². The molecule has 1 aromatic rings. The molecule has 2 rings (SSSR count). The van der Waals surface area contributed by atoms with Gasteiger partial charge in [0.1, 0.15) is 17.7 Å². The van der Waals surface area contributed by atoms with Crippen LogP contribution in [0.3, 0.4) is 0 Å². The van der Waals surface area contributed by atoms with Crippen molar-refractivity contribution in [2.24, 2.45) is 0 Å². The summed E-state index contributed by atoms with van der Waals surface area (Å²) in [4.78, 5) is 0. The third kappa shape index (κ3) is 2.49. The highest BCUT2D eigenvalue weighted by Crippen LogP contribution is 2.33. The van der Waals surface area contributed by atoms with E-state index in [1.54, 1.807) is 19.2 Å². The van der Waals surface area contributed by atoms with Gasteiger partial charge in [0, 0.05) is 12.1 Å². The molecule has 1 N–H and O–H groups in total. The molecule has 3 nitrogen and oxygen atoms in total. The second-order valence-electron chi connectivity index (χ2n) is 4.95. The zero-order chi connectivity index (χ0) is 13.2. The first-order chi connectivity index (χ1) is 8.59. The summed E-state index contributed by atoms with van der Waals surface area (Å²) in [5, 5.41) is 3.43. The van der Waals surface area contributed by atoms with Crippen LogP contribution in [0.5, 0.6) is 5.75 Å². The standard InChI is InChI=1S/C14H20FNO2/c1-4-14(2)9-18-12(8-16-14)13-10(15)6-5-7-11(13)17-3/h5-7,12,16H,4,8-9H2,1-3H3. The van der Waals surface area contributed by atoms with Crippen molar-refractivity contribution in [1.29, 1.82) is 0 Å². The van der Waals surface area contributed by atoms with Crippen LogP contribution >= 0.6 is 0 Å². The molecule has 1 aromatic carbocycles. The van der Waals surface area contributed by atoms with Gasteiger partial charge >= 0.3 is 0 Å². The summed E-state index contributed by atoms with van der Waals surface area (Å²) in [5.74, 6) is 0.267. The molecule has 0 amide bonds. The zero-order valence-electron chi connectivity index (χ0n) is 11.1. The lowest BCUT2D eigenvalue weighted by Gasteiger charge is -2.38. The number of benzene rings is 1. The van der Waals surface area contributed by atoms with Crippen LogP contribution in [-0.4, -0.2) is 25.8 Å². The van der Waals surface area contributed by atoms with Crippen molar-refractivity contribution in [2.45, 2.75) is 31.9 Å². The maximum atomic E-state index is 13.9. The van der Waals surface area contributed by atoms with Crippen molar-refractivity contribution in [1.82, 2.24) is 5.32 Å². The van der Waals surface area contributed by atoms with Crippen molar-refractivity contribution < 1.29 is 13.9 Å². The smallest absolute Gasteiger partial charge is 0.132 e. The van der Waals surface area contributed by atoms with Gasteiger partial charge in [0.25, 0.3) is 0 Å². The summed E-state index contributed by atoms with van der Waals surface area (Å²) in [7, 11) is 1.55. The topological polar surface area (TPSA) is 30.5 Å². The first-order valence-electron chi connectivity index (χ1n) is 6.28. The Labute approximate surface area is 107 Å². The van der Waals surface area contributed by atoms with Crippen LogP contribution in [0.25, 0.3) is 0 Å². The maximum absolute atomic E-state index is 13.9. The van der Waals surface area contributed by atoms with Gasteiger partial charge in [0.2, 0.25) is 0 Å². The molecule has 100 valence electrons. The van der Waals surface area contributed by atoms with Crippen molar-refractivity contribution in [3.63, 3.8) is 0 Å². The number of ether oxygens (including phenoxy) is 2. The summed E-state index contributed by atoms with van der Waals surface area (Å²) in [6.45, 7) is 5.40. The Hall–Kier alpha value is -1.13. The fourth-order valence-electron chi connectivity index (χ4n) is 2.15. The van der Waals surface area contributed by atoms with Crippen LogP contribution in [0.1, 0.15) is 31.9 Å². The van der Waals surface area contributed by atoms with Gasteiger partial charge in [-0.3, -0.25) is 0 Å². The van der Waals surface area contributed by atoms with E-state index in [9.17, 15) is 4.39 Å². The highest BCUT2D eigenvalue weighted by atomic mass is 19.1. The number of morpholine rings is 1. The van der Waals surface area contributed by atoms with E-state index < -0.39 is 0 Å². The second-order valence-corrected chi connectivity index (χ2v) is 4.95. The molecule has 0 aliphatic carbocycles. The zero-order valence-corrected chi connectivity index (χ0v) is 11.1. The maximum Gasteiger partial charge on any atom is 0.132 e. The molecule has 0 radical (unpaired) electrons. The Balaban J connectivity index is 2.19. The molecule has 1 heterocycles. The van der Waals surface area contributed by atoms with Crippen LogP contribution in [0.4, 0.5) is 4.39 Å². The molecular weight excluding hydrogens is 233 g/mol. The quantitative estimate of drug-likeness (QED) is 0.898. The Kier molecular flexibility index (Phi) is 3.88. The van der Waals surface area contributed by atoms with Crippen LogP contribution < -0.4 is 10.1 Å². The highest BCUT2D eigenvalue weighted by molar-refractivity contribution is 5.37. The normalized spacial score (nSPS) is 28.1. The molecule has 0 saturated carbocycles. The van der Waals surface area contributed by atoms with Gasteiger partial charge in [-0.15, -0.1) is 0 Å². The summed E-state index contributed by atoms with van der Waals surface area (Å²) in [6, 6.07) is 4.84. The molecule has 4 heteroatoms. The minimum Gasteiger partial charge on any atom is -0.496 e. The van der Waals surface area contributed by atoms with E-state index in [1.165, 1.54) is 6.07 Å². The minimum atomic E-state index is -0.291. The Morgan fingerprint density at radius 3 is 2.89 bits per heavy atom. The van der Waals surface area contributed by atoms with E-state index in [1.807, 2.05) is 0 Å². The monoisotopic (exact) mass is 253 g/mol. The molecule has 1 aliphatic rings. The van der Waals surface area contributed by atoms with Gasteiger partial charge in [0.05, 0.1) is 19.3 Å². The van der Waals surface area contributed by atoms with E-state index >= 15 is 0 Å². The third-order valence-corrected chi connectivity index (χ3v) is 3.65. The summed E-state index contributed by atoms with van der Waals surface area (Å²) < 4.78 is 24.9. The van der Waals surface area contributed by atoms with E-state index in [4.69, 9.17) is 9.47 Å². The average Bonchev–Trinajstić information content (AvgIpc) is 2.40. The number of hydrogen-bond acceptors (Lipinski definition) is 3. The molecule has 1 fully saturated rings. The first-order valence-corrected chi connectivity index (χ1v) is 6.28. The van der Waals surface area contributed by atoms with Crippen LogP contribution in [0.15, 0.2) is 18.2 Å². The van der Waals surface area contributed by atoms with E-state index in [0.717, 1.165) is 6.42 Å². The second kappa shape index (κ2) is 5.24. The summed E-state index contributed by atoms with van der Waals surface area (Å²) in [6.07, 6.45) is 0.689.